The van der Waals surface area contributed by atoms with E-state index in [1.165, 1.54) is 9.80 Å². The number of amides is 4. The van der Waals surface area contributed by atoms with Crippen LogP contribution in [0, 0.1) is 49.4 Å². The van der Waals surface area contributed by atoms with Gasteiger partial charge >= 0.3 is 0 Å². The first-order valence-electron chi connectivity index (χ1n) is 11.0. The number of carbonyl (C=O) groups excluding carboxylic acids is 4. The molecule has 2 saturated heterocycles. The summed E-state index contributed by atoms with van der Waals surface area (Å²) in [6.07, 6.45) is 3.78. The van der Waals surface area contributed by atoms with Gasteiger partial charge in [0.2, 0.25) is 23.6 Å². The number of allylic oxidation sites excluding steroid dienone is 2. The molecule has 4 amide bonds. The van der Waals surface area contributed by atoms with Crippen LogP contribution in [0.25, 0.3) is 0 Å². The first-order valence-corrected chi connectivity index (χ1v) is 11.0. The maximum atomic E-state index is 13.5. The molecule has 3 aliphatic carbocycles. The number of carbonyl (C=O) groups is 4. The Morgan fingerprint density at radius 2 is 0.906 bits per heavy atom. The van der Waals surface area contributed by atoms with Crippen LogP contribution in [-0.4, -0.2) is 23.6 Å². The molecule has 0 spiro atoms. The average Bonchev–Trinajstić information content (AvgIpc) is 3.21. The summed E-state index contributed by atoms with van der Waals surface area (Å²) in [6, 6.07) is 14.6. The van der Waals surface area contributed by atoms with Crippen LogP contribution in [0.15, 0.2) is 60.7 Å². The lowest BCUT2D eigenvalue weighted by Crippen LogP contribution is -2.50. The lowest BCUT2D eigenvalue weighted by Gasteiger charge is -2.44. The SMILES string of the molecule is Cc1cccc(N2C(=O)[C@@H]3C4C=CC([C@@H]3C2=O)[C@@H]2C(=O)N(c3cccc(C)c3)C(=O)[C@@H]42)c1. The number of nitrogens with zero attached hydrogens (tertiary/aromatic N) is 2. The van der Waals surface area contributed by atoms with Gasteiger partial charge in [0.25, 0.3) is 0 Å². The second kappa shape index (κ2) is 6.48. The Kier molecular flexibility index (Phi) is 3.88. The molecular formula is C26H22N2O4. The summed E-state index contributed by atoms with van der Waals surface area (Å²) in [6.45, 7) is 3.82. The van der Waals surface area contributed by atoms with E-state index in [9.17, 15) is 19.2 Å². The minimum atomic E-state index is -0.603. The van der Waals surface area contributed by atoms with Crippen molar-refractivity contribution in [3.63, 3.8) is 0 Å². The van der Waals surface area contributed by atoms with Gasteiger partial charge in [0, 0.05) is 11.8 Å². The van der Waals surface area contributed by atoms with Gasteiger partial charge < -0.3 is 0 Å². The highest BCUT2D eigenvalue weighted by Crippen LogP contribution is 2.58. The number of imide groups is 2. The molecule has 1 saturated carbocycles. The highest BCUT2D eigenvalue weighted by atomic mass is 16.2. The largest absolute Gasteiger partial charge is 0.274 e. The van der Waals surface area contributed by atoms with E-state index in [4.69, 9.17) is 0 Å². The number of hydrogen-bond donors (Lipinski definition) is 0. The predicted molar refractivity (Wildman–Crippen MR) is 117 cm³/mol. The zero-order chi connectivity index (χ0) is 22.3. The van der Waals surface area contributed by atoms with Crippen molar-refractivity contribution in [2.45, 2.75) is 13.8 Å². The molecule has 6 atom stereocenters. The summed E-state index contributed by atoms with van der Waals surface area (Å²) < 4.78 is 0. The van der Waals surface area contributed by atoms with Crippen molar-refractivity contribution in [2.24, 2.45) is 35.5 Å². The molecule has 2 bridgehead atoms. The fourth-order valence-corrected chi connectivity index (χ4v) is 6.27. The molecule has 0 aromatic heterocycles. The Balaban J connectivity index is 1.41. The van der Waals surface area contributed by atoms with Crippen molar-refractivity contribution in [3.8, 4) is 0 Å². The quantitative estimate of drug-likeness (QED) is 0.547. The van der Waals surface area contributed by atoms with E-state index >= 15 is 0 Å². The molecule has 2 unspecified atom stereocenters. The Hall–Kier alpha value is -3.54. The van der Waals surface area contributed by atoms with Gasteiger partial charge in [0.1, 0.15) is 0 Å². The lowest BCUT2D eigenvalue weighted by molar-refractivity contribution is -0.137. The molecule has 2 aromatic carbocycles. The third-order valence-electron chi connectivity index (χ3n) is 7.53. The number of rotatable bonds is 2. The normalized spacial score (nSPS) is 32.7. The molecule has 0 N–H and O–H groups in total. The fourth-order valence-electron chi connectivity index (χ4n) is 6.27. The molecule has 0 radical (unpaired) electrons. The summed E-state index contributed by atoms with van der Waals surface area (Å²) in [5.74, 6) is -4.38. The first-order chi connectivity index (χ1) is 15.4. The maximum Gasteiger partial charge on any atom is 0.238 e. The molecule has 2 aromatic rings. The third-order valence-corrected chi connectivity index (χ3v) is 7.53. The number of aryl methyl sites for hydroxylation is 2. The highest BCUT2D eigenvalue weighted by Gasteiger charge is 2.68. The van der Waals surface area contributed by atoms with Crippen molar-refractivity contribution in [1.29, 1.82) is 0 Å². The average molecular weight is 426 g/mol. The summed E-state index contributed by atoms with van der Waals surface area (Å²) in [4.78, 5) is 56.5. The van der Waals surface area contributed by atoms with E-state index < -0.39 is 35.5 Å². The van der Waals surface area contributed by atoms with Gasteiger partial charge in [0.15, 0.2) is 0 Å². The number of benzene rings is 2. The molecule has 3 fully saturated rings. The van der Waals surface area contributed by atoms with Gasteiger partial charge in [-0.15, -0.1) is 0 Å². The fraction of sp³-hybridized carbons (Fsp3) is 0.308. The Morgan fingerprint density at radius 3 is 1.22 bits per heavy atom. The van der Waals surface area contributed by atoms with Crippen molar-refractivity contribution in [1.82, 2.24) is 0 Å². The van der Waals surface area contributed by atoms with Crippen LogP contribution in [0.5, 0.6) is 0 Å². The van der Waals surface area contributed by atoms with Crippen LogP contribution >= 0.6 is 0 Å². The molecule has 5 aliphatic rings. The van der Waals surface area contributed by atoms with E-state index in [2.05, 4.69) is 0 Å². The smallest absolute Gasteiger partial charge is 0.238 e. The topological polar surface area (TPSA) is 74.8 Å². The van der Waals surface area contributed by atoms with Crippen LogP contribution < -0.4 is 9.80 Å². The third kappa shape index (κ3) is 2.35. The molecular weight excluding hydrogens is 404 g/mol. The monoisotopic (exact) mass is 426 g/mol. The van der Waals surface area contributed by atoms with Gasteiger partial charge in [-0.05, 0) is 49.2 Å². The first kappa shape index (κ1) is 19.2. The highest BCUT2D eigenvalue weighted by molar-refractivity contribution is 6.26. The molecule has 160 valence electrons. The maximum absolute atomic E-state index is 13.5. The Bertz CT molecular complexity index is 1110. The predicted octanol–water partition coefficient (Wildman–Crippen LogP) is 3.03. The standard InChI is InChI=1S/C26H22N2O4/c1-13-5-3-7-15(11-13)27-23(29)19-17-9-10-18(20(19)24(27)30)22-21(17)25(31)28(26(22)32)16-8-4-6-14(2)12-16/h3-12,17-22H,1-2H3/t17?,18?,19-,20-,21-,22+/m0/s1. The van der Waals surface area contributed by atoms with Gasteiger partial charge in [-0.2, -0.15) is 0 Å². The van der Waals surface area contributed by atoms with Gasteiger partial charge in [-0.25, -0.2) is 0 Å². The van der Waals surface area contributed by atoms with Crippen molar-refractivity contribution in [3.05, 3.63) is 71.8 Å². The van der Waals surface area contributed by atoms with Crippen LogP contribution in [0.1, 0.15) is 11.1 Å². The molecule has 2 heterocycles. The second-order valence-electron chi connectivity index (χ2n) is 9.34. The molecule has 32 heavy (non-hydrogen) atoms. The van der Waals surface area contributed by atoms with Gasteiger partial charge in [0.05, 0.1) is 35.0 Å². The summed E-state index contributed by atoms with van der Waals surface area (Å²) in [5, 5.41) is 0. The van der Waals surface area contributed by atoms with E-state index in [1.54, 1.807) is 12.1 Å². The van der Waals surface area contributed by atoms with E-state index in [1.807, 2.05) is 62.4 Å². The molecule has 7 rings (SSSR count). The zero-order valence-electron chi connectivity index (χ0n) is 17.8. The summed E-state index contributed by atoms with van der Waals surface area (Å²) >= 11 is 0. The van der Waals surface area contributed by atoms with Gasteiger partial charge in [-0.3, -0.25) is 29.0 Å². The van der Waals surface area contributed by atoms with Crippen molar-refractivity contribution >= 4 is 35.0 Å². The summed E-state index contributed by atoms with van der Waals surface area (Å²) in [7, 11) is 0. The Morgan fingerprint density at radius 1 is 0.562 bits per heavy atom. The lowest BCUT2D eigenvalue weighted by atomic mass is 9.54. The zero-order valence-corrected chi connectivity index (χ0v) is 17.8. The minimum absolute atomic E-state index is 0.266. The van der Waals surface area contributed by atoms with E-state index in [0.29, 0.717) is 11.4 Å². The van der Waals surface area contributed by atoms with E-state index in [-0.39, 0.29) is 23.6 Å². The van der Waals surface area contributed by atoms with Gasteiger partial charge in [-0.1, -0.05) is 36.4 Å². The van der Waals surface area contributed by atoms with Crippen molar-refractivity contribution < 1.29 is 19.2 Å². The van der Waals surface area contributed by atoms with Crippen molar-refractivity contribution in [2.75, 3.05) is 9.80 Å². The Labute approximate surface area is 185 Å². The van der Waals surface area contributed by atoms with Crippen LogP contribution in [0.2, 0.25) is 0 Å². The number of hydrogen-bond acceptors (Lipinski definition) is 4. The van der Waals surface area contributed by atoms with Crippen LogP contribution in [-0.2, 0) is 19.2 Å². The van der Waals surface area contributed by atoms with E-state index in [0.717, 1.165) is 11.1 Å². The molecule has 6 heteroatoms. The van der Waals surface area contributed by atoms with Crippen LogP contribution in [0.3, 0.4) is 0 Å². The van der Waals surface area contributed by atoms with Crippen LogP contribution in [0.4, 0.5) is 11.4 Å². The number of anilines is 2. The molecule has 2 aliphatic heterocycles. The molecule has 6 nitrogen and oxygen atoms in total. The second-order valence-corrected chi connectivity index (χ2v) is 9.34. The minimum Gasteiger partial charge on any atom is -0.274 e. The summed E-state index contributed by atoms with van der Waals surface area (Å²) in [5.41, 5.74) is 3.01.